The summed E-state index contributed by atoms with van der Waals surface area (Å²) in [5.41, 5.74) is 3.02. The number of rotatable bonds is 7. The molecule has 5 heterocycles. The van der Waals surface area contributed by atoms with Crippen molar-refractivity contribution in [3.05, 3.63) is 60.0 Å². The predicted molar refractivity (Wildman–Crippen MR) is 166 cm³/mol. The molecule has 0 N–H and O–H groups in total. The summed E-state index contributed by atoms with van der Waals surface area (Å²) in [5, 5.41) is 0. The van der Waals surface area contributed by atoms with Gasteiger partial charge in [0.1, 0.15) is 17.7 Å². The SMILES string of the molecule is COc1cc(C)c(S(=O)(=O)N2CCCC(Oc3nccc(N4CCC5(CCN(c6ccncc6)CC5)CC4)n3)C2)c(C)c1. The molecule has 6 rings (SSSR count). The van der Waals surface area contributed by atoms with Gasteiger partial charge in [0.25, 0.3) is 0 Å². The maximum absolute atomic E-state index is 13.7. The Bertz CT molecular complexity index is 1490. The molecule has 0 aliphatic carbocycles. The summed E-state index contributed by atoms with van der Waals surface area (Å²) in [7, 11) is -2.10. The Morgan fingerprint density at radius 1 is 0.884 bits per heavy atom. The highest BCUT2D eigenvalue weighted by Gasteiger charge is 2.38. The first kappa shape index (κ1) is 29.6. The maximum Gasteiger partial charge on any atom is 0.318 e. The monoisotopic (exact) mass is 606 g/mol. The topological polar surface area (TPSA) is 101 Å². The van der Waals surface area contributed by atoms with Gasteiger partial charge in [-0.25, -0.2) is 13.4 Å². The van der Waals surface area contributed by atoms with Crippen LogP contribution in [0.4, 0.5) is 11.5 Å². The third-order valence-electron chi connectivity index (χ3n) is 9.50. The van der Waals surface area contributed by atoms with E-state index in [1.54, 1.807) is 25.4 Å². The predicted octanol–water partition coefficient (Wildman–Crippen LogP) is 4.62. The lowest BCUT2D eigenvalue weighted by Crippen LogP contribution is -2.47. The molecule has 0 bridgehead atoms. The summed E-state index contributed by atoms with van der Waals surface area (Å²) in [6, 6.07) is 9.99. The highest BCUT2D eigenvalue weighted by atomic mass is 32.2. The lowest BCUT2D eigenvalue weighted by molar-refractivity contribution is 0.119. The molecule has 11 heteroatoms. The van der Waals surface area contributed by atoms with Gasteiger partial charge in [-0.05, 0) is 99.2 Å². The van der Waals surface area contributed by atoms with Crippen molar-refractivity contribution in [3.8, 4) is 11.8 Å². The molecule has 1 aromatic carbocycles. The third-order valence-corrected chi connectivity index (χ3v) is 11.7. The van der Waals surface area contributed by atoms with Gasteiger partial charge in [0.15, 0.2) is 0 Å². The Kier molecular flexibility index (Phi) is 8.46. The molecule has 1 atom stereocenters. The average molecular weight is 607 g/mol. The molecule has 0 amide bonds. The van der Waals surface area contributed by atoms with Gasteiger partial charge in [-0.1, -0.05) is 0 Å². The number of sulfonamides is 1. The zero-order chi connectivity index (χ0) is 30.0. The van der Waals surface area contributed by atoms with E-state index in [1.807, 2.05) is 32.3 Å². The standard InChI is InChI=1S/C32H42N6O4S/c1-24-21-28(41-3)22-25(2)30(24)43(39,40)38-16-4-5-27(23-38)42-31-34-15-8-29(35-31)37-19-11-32(12-20-37)9-17-36(18-10-32)26-6-13-33-14-7-26/h6-8,13-15,21-22,27H,4-5,9-12,16-20,23H2,1-3H3. The van der Waals surface area contributed by atoms with Gasteiger partial charge in [-0.2, -0.15) is 9.29 Å². The van der Waals surface area contributed by atoms with Crippen LogP contribution in [-0.4, -0.2) is 80.2 Å². The molecule has 0 saturated carbocycles. The van der Waals surface area contributed by atoms with Crippen LogP contribution >= 0.6 is 0 Å². The van der Waals surface area contributed by atoms with E-state index in [-0.39, 0.29) is 12.6 Å². The molecule has 3 aromatic rings. The highest BCUT2D eigenvalue weighted by molar-refractivity contribution is 7.89. The van der Waals surface area contributed by atoms with Crippen LogP contribution < -0.4 is 19.3 Å². The van der Waals surface area contributed by atoms with Crippen molar-refractivity contribution in [1.29, 1.82) is 0 Å². The quantitative estimate of drug-likeness (QED) is 0.382. The third kappa shape index (κ3) is 6.28. The van der Waals surface area contributed by atoms with E-state index in [0.29, 0.717) is 46.2 Å². The molecule has 1 unspecified atom stereocenters. The fourth-order valence-corrected chi connectivity index (χ4v) is 8.92. The van der Waals surface area contributed by atoms with Crippen molar-refractivity contribution in [2.45, 2.75) is 63.4 Å². The minimum atomic E-state index is -3.69. The second-order valence-electron chi connectivity index (χ2n) is 12.2. The maximum atomic E-state index is 13.7. The minimum Gasteiger partial charge on any atom is -0.497 e. The number of hydrogen-bond donors (Lipinski definition) is 0. The molecule has 43 heavy (non-hydrogen) atoms. The first-order chi connectivity index (χ1) is 20.8. The molecule has 10 nitrogen and oxygen atoms in total. The number of hydrogen-bond acceptors (Lipinski definition) is 9. The van der Waals surface area contributed by atoms with Crippen molar-refractivity contribution < 1.29 is 17.9 Å². The van der Waals surface area contributed by atoms with E-state index in [4.69, 9.17) is 14.5 Å². The number of aromatic nitrogens is 3. The van der Waals surface area contributed by atoms with Crippen molar-refractivity contribution in [1.82, 2.24) is 19.3 Å². The summed E-state index contributed by atoms with van der Waals surface area (Å²) in [6.07, 6.45) is 11.4. The van der Waals surface area contributed by atoms with E-state index in [1.165, 1.54) is 22.8 Å². The second-order valence-corrected chi connectivity index (χ2v) is 14.1. The van der Waals surface area contributed by atoms with E-state index < -0.39 is 10.0 Å². The van der Waals surface area contributed by atoms with E-state index in [9.17, 15) is 8.42 Å². The zero-order valence-corrected chi connectivity index (χ0v) is 26.2. The number of aryl methyl sites for hydroxylation is 2. The smallest absolute Gasteiger partial charge is 0.318 e. The molecule has 3 fully saturated rings. The van der Waals surface area contributed by atoms with Gasteiger partial charge in [0.2, 0.25) is 10.0 Å². The van der Waals surface area contributed by atoms with Crippen molar-refractivity contribution in [2.24, 2.45) is 5.41 Å². The van der Waals surface area contributed by atoms with Crippen LogP contribution in [-0.2, 0) is 10.0 Å². The largest absolute Gasteiger partial charge is 0.497 e. The number of anilines is 2. The molecule has 3 saturated heterocycles. The summed E-state index contributed by atoms with van der Waals surface area (Å²) in [4.78, 5) is 18.5. The Morgan fingerprint density at radius 3 is 2.19 bits per heavy atom. The van der Waals surface area contributed by atoms with Gasteiger partial charge < -0.3 is 19.3 Å². The molecule has 2 aromatic heterocycles. The lowest BCUT2D eigenvalue weighted by Gasteiger charge is -2.47. The Labute approximate surface area is 255 Å². The minimum absolute atomic E-state index is 0.267. The normalized spacial score (nSPS) is 21.1. The number of pyridine rings is 1. The van der Waals surface area contributed by atoms with Gasteiger partial charge in [0.05, 0.1) is 18.6 Å². The van der Waals surface area contributed by atoms with Crippen molar-refractivity contribution in [3.63, 3.8) is 0 Å². The van der Waals surface area contributed by atoms with Crippen LogP contribution in [0, 0.1) is 19.3 Å². The second kappa shape index (κ2) is 12.3. The number of nitrogens with zero attached hydrogens (tertiary/aromatic N) is 6. The van der Waals surface area contributed by atoms with E-state index in [2.05, 4.69) is 31.9 Å². The molecule has 3 aliphatic rings. The zero-order valence-electron chi connectivity index (χ0n) is 25.4. The summed E-state index contributed by atoms with van der Waals surface area (Å²) >= 11 is 0. The Morgan fingerprint density at radius 2 is 1.53 bits per heavy atom. The molecule has 1 spiro atoms. The average Bonchev–Trinajstić information content (AvgIpc) is 3.02. The first-order valence-corrected chi connectivity index (χ1v) is 16.8. The van der Waals surface area contributed by atoms with Gasteiger partial charge >= 0.3 is 6.01 Å². The molecular weight excluding hydrogens is 564 g/mol. The molecule has 230 valence electrons. The lowest BCUT2D eigenvalue weighted by atomic mass is 9.71. The van der Waals surface area contributed by atoms with Crippen molar-refractivity contribution in [2.75, 3.05) is 56.2 Å². The van der Waals surface area contributed by atoms with Crippen LogP contribution in [0.1, 0.15) is 49.7 Å². The van der Waals surface area contributed by atoms with Crippen LogP contribution in [0.2, 0.25) is 0 Å². The van der Waals surface area contributed by atoms with Crippen LogP contribution in [0.15, 0.2) is 53.8 Å². The number of piperidine rings is 3. The van der Waals surface area contributed by atoms with Gasteiger partial charge in [-0.15, -0.1) is 0 Å². The summed E-state index contributed by atoms with van der Waals surface area (Å²) < 4.78 is 40.5. The van der Waals surface area contributed by atoms with Crippen LogP contribution in [0.5, 0.6) is 11.8 Å². The number of benzene rings is 1. The Balaban J connectivity index is 1.06. The highest BCUT2D eigenvalue weighted by Crippen LogP contribution is 2.43. The molecule has 0 radical (unpaired) electrons. The molecule has 3 aliphatic heterocycles. The fourth-order valence-electron chi connectivity index (χ4n) is 7.00. The first-order valence-electron chi connectivity index (χ1n) is 15.3. The fraction of sp³-hybridized carbons (Fsp3) is 0.531. The van der Waals surface area contributed by atoms with Gasteiger partial charge in [0, 0.05) is 57.0 Å². The van der Waals surface area contributed by atoms with Gasteiger partial charge in [-0.3, -0.25) is 4.98 Å². The number of methoxy groups -OCH3 is 1. The summed E-state index contributed by atoms with van der Waals surface area (Å²) in [6.45, 7) is 8.45. The van der Waals surface area contributed by atoms with Crippen LogP contribution in [0.25, 0.3) is 0 Å². The van der Waals surface area contributed by atoms with Crippen molar-refractivity contribution >= 4 is 21.5 Å². The Hall–Kier alpha value is -3.44. The number of ether oxygens (including phenoxy) is 2. The van der Waals surface area contributed by atoms with Crippen LogP contribution in [0.3, 0.4) is 0 Å². The molecular formula is C32H42N6O4S. The van der Waals surface area contributed by atoms with E-state index in [0.717, 1.165) is 51.3 Å². The van der Waals surface area contributed by atoms with E-state index >= 15 is 0 Å². The summed E-state index contributed by atoms with van der Waals surface area (Å²) in [5.74, 6) is 1.53.